The molecule has 0 aliphatic carbocycles. The molecule has 5 nitrogen and oxygen atoms in total. The number of pyridine rings is 1. The van der Waals surface area contributed by atoms with Gasteiger partial charge in [0.25, 0.3) is 0 Å². The molecule has 16 heavy (non-hydrogen) atoms. The Kier molecular flexibility index (Phi) is 3.00. The molecule has 2 aromatic heterocycles. The van der Waals surface area contributed by atoms with Crippen molar-refractivity contribution < 1.29 is 5.11 Å². The van der Waals surface area contributed by atoms with E-state index in [0.717, 1.165) is 5.56 Å². The van der Waals surface area contributed by atoms with E-state index in [2.05, 4.69) is 19.9 Å². The summed E-state index contributed by atoms with van der Waals surface area (Å²) in [6.07, 6.45) is 3.57. The van der Waals surface area contributed by atoms with Gasteiger partial charge in [0.15, 0.2) is 11.0 Å². The number of nitrogens with zero attached hydrogens (tertiary/aromatic N) is 4. The fourth-order valence-corrected chi connectivity index (χ4v) is 1.50. The summed E-state index contributed by atoms with van der Waals surface area (Å²) in [5.41, 5.74) is 1.69. The second-order valence-corrected chi connectivity index (χ2v) is 3.94. The maximum atomic E-state index is 9.34. The number of aromatic nitrogens is 4. The average Bonchev–Trinajstić information content (AvgIpc) is 2.29. The average molecular weight is 234 g/mol. The van der Waals surface area contributed by atoms with Gasteiger partial charge in [-0.1, -0.05) is 17.8 Å². The Labute approximate surface area is 97.0 Å². The zero-order valence-corrected chi connectivity index (χ0v) is 9.69. The van der Waals surface area contributed by atoms with E-state index in [-0.39, 0.29) is 6.01 Å². The number of thioether (sulfide) groups is 1. The highest BCUT2D eigenvalue weighted by atomic mass is 32.2. The summed E-state index contributed by atoms with van der Waals surface area (Å²) in [4.78, 5) is 16.0. The molecule has 0 spiro atoms. The molecule has 6 heteroatoms. The van der Waals surface area contributed by atoms with Crippen molar-refractivity contribution in [1.82, 2.24) is 19.9 Å². The van der Waals surface area contributed by atoms with Gasteiger partial charge in [0.2, 0.25) is 0 Å². The quantitative estimate of drug-likeness (QED) is 0.797. The van der Waals surface area contributed by atoms with Crippen molar-refractivity contribution in [2.75, 3.05) is 6.26 Å². The highest BCUT2D eigenvalue weighted by Crippen LogP contribution is 2.18. The Balaban J connectivity index is 2.47. The Bertz CT molecular complexity index is 501. The fraction of sp³-hybridized carbons (Fsp3) is 0.200. The van der Waals surface area contributed by atoms with Crippen molar-refractivity contribution in [2.45, 2.75) is 12.1 Å². The number of aromatic hydroxyl groups is 1. The second-order valence-electron chi connectivity index (χ2n) is 3.17. The highest BCUT2D eigenvalue weighted by molar-refractivity contribution is 7.98. The minimum atomic E-state index is -0.281. The third-order valence-electron chi connectivity index (χ3n) is 1.93. The highest BCUT2D eigenvalue weighted by Gasteiger charge is 2.07. The molecule has 0 saturated heterocycles. The summed E-state index contributed by atoms with van der Waals surface area (Å²) in [7, 11) is 0. The Hall–Kier alpha value is -1.69. The Morgan fingerprint density at radius 2 is 2.00 bits per heavy atom. The van der Waals surface area contributed by atoms with Gasteiger partial charge in [-0.3, -0.25) is 4.98 Å². The van der Waals surface area contributed by atoms with E-state index in [1.54, 1.807) is 6.20 Å². The molecule has 2 rings (SSSR count). The van der Waals surface area contributed by atoms with E-state index in [1.165, 1.54) is 11.8 Å². The third kappa shape index (κ3) is 2.27. The van der Waals surface area contributed by atoms with E-state index in [4.69, 9.17) is 0 Å². The van der Waals surface area contributed by atoms with Gasteiger partial charge in [-0.2, -0.15) is 9.97 Å². The largest absolute Gasteiger partial charge is 0.479 e. The zero-order valence-electron chi connectivity index (χ0n) is 8.88. The zero-order chi connectivity index (χ0) is 11.5. The maximum absolute atomic E-state index is 9.34. The molecule has 1 N–H and O–H groups in total. The van der Waals surface area contributed by atoms with Gasteiger partial charge in [-0.25, -0.2) is 4.98 Å². The van der Waals surface area contributed by atoms with Gasteiger partial charge in [-0.15, -0.1) is 0 Å². The van der Waals surface area contributed by atoms with Crippen LogP contribution in [0.1, 0.15) is 5.56 Å². The summed E-state index contributed by atoms with van der Waals surface area (Å²) >= 11 is 1.34. The van der Waals surface area contributed by atoms with Crippen LogP contribution >= 0.6 is 11.8 Å². The Morgan fingerprint density at radius 1 is 1.19 bits per heavy atom. The first-order valence-corrected chi connectivity index (χ1v) is 5.83. The summed E-state index contributed by atoms with van der Waals surface area (Å²) < 4.78 is 0. The van der Waals surface area contributed by atoms with E-state index in [1.807, 2.05) is 25.3 Å². The number of aryl methyl sites for hydroxylation is 1. The van der Waals surface area contributed by atoms with Crippen LogP contribution in [0.4, 0.5) is 0 Å². The van der Waals surface area contributed by atoms with E-state index in [9.17, 15) is 5.11 Å². The molecule has 0 saturated carbocycles. The molecular weight excluding hydrogens is 224 g/mol. The van der Waals surface area contributed by atoms with Gasteiger partial charge >= 0.3 is 6.01 Å². The summed E-state index contributed by atoms with van der Waals surface area (Å²) in [6, 6.07) is 3.45. The molecule has 2 heterocycles. The van der Waals surface area contributed by atoms with Crippen molar-refractivity contribution in [2.24, 2.45) is 0 Å². The first kappa shape index (κ1) is 10.8. The van der Waals surface area contributed by atoms with Crippen LogP contribution in [0.25, 0.3) is 11.5 Å². The summed E-state index contributed by atoms with van der Waals surface area (Å²) in [6.45, 7) is 1.95. The smallest absolute Gasteiger partial charge is 0.318 e. The van der Waals surface area contributed by atoms with E-state index >= 15 is 0 Å². The van der Waals surface area contributed by atoms with Crippen LogP contribution in [-0.2, 0) is 0 Å². The number of hydrogen-bond donors (Lipinski definition) is 1. The van der Waals surface area contributed by atoms with Crippen LogP contribution in [0.3, 0.4) is 0 Å². The standard InChI is InChI=1S/C10H10N4OS/c1-6-3-4-7(11-5-6)8-12-9(15)14-10(13-8)16-2/h3-5H,1-2H3,(H,12,13,14,15). The van der Waals surface area contributed by atoms with Crippen molar-refractivity contribution in [3.8, 4) is 17.5 Å². The maximum Gasteiger partial charge on any atom is 0.318 e. The van der Waals surface area contributed by atoms with E-state index in [0.29, 0.717) is 16.7 Å². The lowest BCUT2D eigenvalue weighted by Gasteiger charge is -2.01. The number of hydrogen-bond acceptors (Lipinski definition) is 6. The van der Waals surface area contributed by atoms with Crippen LogP contribution in [0, 0.1) is 6.92 Å². The van der Waals surface area contributed by atoms with Crippen LogP contribution in [0.2, 0.25) is 0 Å². The van der Waals surface area contributed by atoms with Crippen LogP contribution in [-0.4, -0.2) is 31.3 Å². The minimum absolute atomic E-state index is 0.281. The first-order chi connectivity index (χ1) is 7.69. The predicted octanol–water partition coefficient (Wildman–Crippen LogP) is 1.67. The molecule has 82 valence electrons. The SMILES string of the molecule is CSc1nc(O)nc(-c2ccc(C)cn2)n1. The topological polar surface area (TPSA) is 71.8 Å². The number of rotatable bonds is 2. The summed E-state index contributed by atoms with van der Waals surface area (Å²) in [5, 5.41) is 9.81. The molecule has 0 amide bonds. The van der Waals surface area contributed by atoms with Crippen LogP contribution < -0.4 is 0 Å². The lowest BCUT2D eigenvalue weighted by Crippen LogP contribution is -1.96. The molecule has 0 atom stereocenters. The van der Waals surface area contributed by atoms with Crippen LogP contribution in [0.15, 0.2) is 23.5 Å². The molecule has 2 aromatic rings. The van der Waals surface area contributed by atoms with Crippen molar-refractivity contribution >= 4 is 11.8 Å². The fourth-order valence-electron chi connectivity index (χ4n) is 1.15. The molecule has 0 fully saturated rings. The predicted molar refractivity (Wildman–Crippen MR) is 61.2 cm³/mol. The minimum Gasteiger partial charge on any atom is -0.479 e. The van der Waals surface area contributed by atoms with Gasteiger partial charge in [0.05, 0.1) is 0 Å². The van der Waals surface area contributed by atoms with Crippen molar-refractivity contribution in [3.63, 3.8) is 0 Å². The molecule has 0 bridgehead atoms. The van der Waals surface area contributed by atoms with Crippen molar-refractivity contribution in [3.05, 3.63) is 23.9 Å². The van der Waals surface area contributed by atoms with Gasteiger partial charge in [-0.05, 0) is 24.8 Å². The summed E-state index contributed by atoms with van der Waals surface area (Å²) in [5.74, 6) is 0.386. The monoisotopic (exact) mass is 234 g/mol. The van der Waals surface area contributed by atoms with Crippen LogP contribution in [0.5, 0.6) is 6.01 Å². The molecule has 0 aliphatic rings. The lowest BCUT2D eigenvalue weighted by molar-refractivity contribution is 0.421. The molecule has 0 aliphatic heterocycles. The van der Waals surface area contributed by atoms with E-state index < -0.39 is 0 Å². The normalized spacial score (nSPS) is 10.4. The Morgan fingerprint density at radius 3 is 2.62 bits per heavy atom. The second kappa shape index (κ2) is 4.44. The first-order valence-electron chi connectivity index (χ1n) is 4.61. The van der Waals surface area contributed by atoms with Gasteiger partial charge < -0.3 is 5.11 Å². The molecule has 0 radical (unpaired) electrons. The molecular formula is C10H10N4OS. The lowest BCUT2D eigenvalue weighted by atomic mass is 10.3. The molecule has 0 unspecified atom stereocenters. The van der Waals surface area contributed by atoms with Gasteiger partial charge in [0.1, 0.15) is 5.69 Å². The molecule has 0 aromatic carbocycles. The van der Waals surface area contributed by atoms with Crippen molar-refractivity contribution in [1.29, 1.82) is 0 Å². The third-order valence-corrected chi connectivity index (χ3v) is 2.47. The van der Waals surface area contributed by atoms with Gasteiger partial charge in [0, 0.05) is 6.20 Å².